The fourth-order valence-electron chi connectivity index (χ4n) is 2.46. The van der Waals surface area contributed by atoms with E-state index in [9.17, 15) is 10.1 Å². The number of nitro benzene ring substituents is 1. The van der Waals surface area contributed by atoms with Crippen LogP contribution in [0.3, 0.4) is 0 Å². The molecule has 1 aromatic carbocycles. The van der Waals surface area contributed by atoms with Crippen molar-refractivity contribution in [3.63, 3.8) is 0 Å². The number of aromatic nitrogens is 4. The maximum atomic E-state index is 11.1. The van der Waals surface area contributed by atoms with Gasteiger partial charge in [0.1, 0.15) is 0 Å². The van der Waals surface area contributed by atoms with Gasteiger partial charge in [0.15, 0.2) is 5.82 Å². The van der Waals surface area contributed by atoms with Crippen molar-refractivity contribution in [3.05, 3.63) is 45.8 Å². The molecule has 1 aliphatic carbocycles. The van der Waals surface area contributed by atoms with Gasteiger partial charge in [0, 0.05) is 18.2 Å². The summed E-state index contributed by atoms with van der Waals surface area (Å²) in [6.07, 6.45) is 2.24. The first-order valence-corrected chi connectivity index (χ1v) is 7.40. The Balaban J connectivity index is 1.75. The summed E-state index contributed by atoms with van der Waals surface area (Å²) in [4.78, 5) is 12.9. The highest BCUT2D eigenvalue weighted by atomic mass is 16.6. The number of para-hydroxylation sites is 1. The number of nitro groups is 1. The molecular formula is C14H18N6O2. The first-order chi connectivity index (χ1) is 10.7. The third kappa shape index (κ3) is 3.11. The summed E-state index contributed by atoms with van der Waals surface area (Å²) >= 11 is 0. The molecule has 0 atom stereocenters. The first kappa shape index (κ1) is 14.6. The molecule has 0 saturated heterocycles. The Kier molecular flexibility index (Phi) is 4.10. The van der Waals surface area contributed by atoms with Crippen molar-refractivity contribution in [2.45, 2.75) is 38.9 Å². The average Bonchev–Trinajstić information content (AvgIpc) is 3.26. The van der Waals surface area contributed by atoms with Crippen molar-refractivity contribution in [1.82, 2.24) is 25.1 Å². The number of hydrogen-bond acceptors (Lipinski definition) is 6. The summed E-state index contributed by atoms with van der Waals surface area (Å²) in [5.41, 5.74) is 0.863. The molecule has 22 heavy (non-hydrogen) atoms. The quantitative estimate of drug-likeness (QED) is 0.573. The lowest BCUT2D eigenvalue weighted by molar-refractivity contribution is -0.385. The SMILES string of the molecule is CCN(Cc1ccccc1[N+](=O)[O-])Cc1nnnn1C1CC1. The van der Waals surface area contributed by atoms with Crippen molar-refractivity contribution in [2.24, 2.45) is 0 Å². The molecule has 8 nitrogen and oxygen atoms in total. The van der Waals surface area contributed by atoms with Crippen molar-refractivity contribution >= 4 is 5.69 Å². The Bertz CT molecular complexity index is 667. The van der Waals surface area contributed by atoms with Crippen molar-refractivity contribution in [2.75, 3.05) is 6.54 Å². The summed E-state index contributed by atoms with van der Waals surface area (Å²) < 4.78 is 1.88. The van der Waals surface area contributed by atoms with Gasteiger partial charge in [-0.1, -0.05) is 25.1 Å². The second-order valence-electron chi connectivity index (χ2n) is 5.46. The highest BCUT2D eigenvalue weighted by Gasteiger charge is 2.28. The molecule has 8 heteroatoms. The van der Waals surface area contributed by atoms with Gasteiger partial charge in [0.2, 0.25) is 0 Å². The zero-order valence-electron chi connectivity index (χ0n) is 12.4. The molecule has 1 heterocycles. The number of tetrazole rings is 1. The van der Waals surface area contributed by atoms with Gasteiger partial charge in [-0.25, -0.2) is 4.68 Å². The van der Waals surface area contributed by atoms with E-state index in [1.807, 2.05) is 17.7 Å². The Hall–Kier alpha value is -2.35. The van der Waals surface area contributed by atoms with Gasteiger partial charge < -0.3 is 0 Å². The molecule has 0 radical (unpaired) electrons. The van der Waals surface area contributed by atoms with Crippen LogP contribution in [-0.2, 0) is 13.1 Å². The van der Waals surface area contributed by atoms with Crippen LogP contribution in [0.4, 0.5) is 5.69 Å². The Morgan fingerprint density at radius 3 is 2.82 bits per heavy atom. The molecule has 3 rings (SSSR count). The highest BCUT2D eigenvalue weighted by molar-refractivity contribution is 5.39. The van der Waals surface area contributed by atoms with Gasteiger partial charge in [-0.05, 0) is 29.8 Å². The topological polar surface area (TPSA) is 90.0 Å². The number of rotatable bonds is 7. The molecule has 0 aliphatic heterocycles. The largest absolute Gasteiger partial charge is 0.292 e. The van der Waals surface area contributed by atoms with Gasteiger partial charge in [-0.15, -0.1) is 5.10 Å². The fourth-order valence-corrected chi connectivity index (χ4v) is 2.46. The molecule has 1 saturated carbocycles. The molecule has 2 aromatic rings. The number of benzene rings is 1. The molecule has 0 amide bonds. The summed E-state index contributed by atoms with van der Waals surface area (Å²) in [6.45, 7) is 3.89. The van der Waals surface area contributed by atoms with Gasteiger partial charge >= 0.3 is 0 Å². The summed E-state index contributed by atoms with van der Waals surface area (Å²) in [5, 5.41) is 23.0. The Labute approximate surface area is 127 Å². The average molecular weight is 302 g/mol. The third-order valence-electron chi connectivity index (χ3n) is 3.85. The minimum absolute atomic E-state index is 0.155. The van der Waals surface area contributed by atoms with Crippen molar-refractivity contribution < 1.29 is 4.92 Å². The van der Waals surface area contributed by atoms with Crippen LogP contribution in [-0.4, -0.2) is 36.6 Å². The third-order valence-corrected chi connectivity index (χ3v) is 3.85. The molecule has 1 fully saturated rings. The second-order valence-corrected chi connectivity index (χ2v) is 5.46. The molecule has 116 valence electrons. The highest BCUT2D eigenvalue weighted by Crippen LogP contribution is 2.34. The molecular weight excluding hydrogens is 284 g/mol. The monoisotopic (exact) mass is 302 g/mol. The van der Waals surface area contributed by atoms with E-state index in [0.717, 1.165) is 25.2 Å². The van der Waals surface area contributed by atoms with E-state index in [1.165, 1.54) is 6.07 Å². The van der Waals surface area contributed by atoms with Crippen molar-refractivity contribution in [3.8, 4) is 0 Å². The minimum Gasteiger partial charge on any atom is -0.292 e. The molecule has 1 aliphatic rings. The minimum atomic E-state index is -0.336. The maximum absolute atomic E-state index is 11.1. The van der Waals surface area contributed by atoms with Gasteiger partial charge in [-0.3, -0.25) is 15.0 Å². The number of hydrogen-bond donors (Lipinski definition) is 0. The van der Waals surface area contributed by atoms with Gasteiger partial charge in [0.05, 0.1) is 17.5 Å². The van der Waals surface area contributed by atoms with Gasteiger partial charge in [0.25, 0.3) is 5.69 Å². The maximum Gasteiger partial charge on any atom is 0.273 e. The lowest BCUT2D eigenvalue weighted by Crippen LogP contribution is -2.25. The van der Waals surface area contributed by atoms with Crippen LogP contribution in [0, 0.1) is 10.1 Å². The second kappa shape index (κ2) is 6.18. The Morgan fingerprint density at radius 2 is 2.14 bits per heavy atom. The normalized spacial score (nSPS) is 14.5. The van der Waals surface area contributed by atoms with Gasteiger partial charge in [-0.2, -0.15) is 0 Å². The predicted molar refractivity (Wildman–Crippen MR) is 79.0 cm³/mol. The van der Waals surface area contributed by atoms with Crippen LogP contribution in [0.5, 0.6) is 0 Å². The van der Waals surface area contributed by atoms with E-state index in [-0.39, 0.29) is 10.6 Å². The molecule has 0 unspecified atom stereocenters. The fraction of sp³-hybridized carbons (Fsp3) is 0.500. The predicted octanol–water partition coefficient (Wildman–Crippen LogP) is 1.94. The Morgan fingerprint density at radius 1 is 1.36 bits per heavy atom. The van der Waals surface area contributed by atoms with E-state index in [4.69, 9.17) is 0 Å². The summed E-state index contributed by atoms with van der Waals surface area (Å²) in [7, 11) is 0. The van der Waals surface area contributed by atoms with Crippen LogP contribution in [0.25, 0.3) is 0 Å². The number of nitrogens with zero attached hydrogens (tertiary/aromatic N) is 6. The lowest BCUT2D eigenvalue weighted by atomic mass is 10.1. The van der Waals surface area contributed by atoms with Crippen LogP contribution in [0.1, 0.15) is 37.2 Å². The van der Waals surface area contributed by atoms with Crippen LogP contribution >= 0.6 is 0 Å². The molecule has 0 N–H and O–H groups in total. The lowest BCUT2D eigenvalue weighted by Gasteiger charge is -2.19. The molecule has 1 aromatic heterocycles. The van der Waals surface area contributed by atoms with E-state index in [2.05, 4.69) is 20.4 Å². The van der Waals surface area contributed by atoms with E-state index >= 15 is 0 Å². The van der Waals surface area contributed by atoms with E-state index < -0.39 is 0 Å². The van der Waals surface area contributed by atoms with E-state index in [0.29, 0.717) is 24.7 Å². The van der Waals surface area contributed by atoms with Crippen LogP contribution in [0.2, 0.25) is 0 Å². The molecule has 0 bridgehead atoms. The zero-order valence-corrected chi connectivity index (χ0v) is 12.4. The van der Waals surface area contributed by atoms with E-state index in [1.54, 1.807) is 12.1 Å². The van der Waals surface area contributed by atoms with Crippen LogP contribution < -0.4 is 0 Å². The smallest absolute Gasteiger partial charge is 0.273 e. The summed E-state index contributed by atoms with van der Waals surface area (Å²) in [5.74, 6) is 0.822. The summed E-state index contributed by atoms with van der Waals surface area (Å²) in [6, 6.07) is 7.27. The van der Waals surface area contributed by atoms with Crippen LogP contribution in [0.15, 0.2) is 24.3 Å². The molecule has 0 spiro atoms. The zero-order chi connectivity index (χ0) is 15.5. The standard InChI is InChI=1S/C14H18N6O2/c1-2-18(9-11-5-3-4-6-13(11)20(21)22)10-14-15-16-17-19(14)12-7-8-12/h3-6,12H,2,7-10H2,1H3. The van der Waals surface area contributed by atoms with Crippen molar-refractivity contribution in [1.29, 1.82) is 0 Å². The first-order valence-electron chi connectivity index (χ1n) is 7.40.